The number of nitriles is 1. The lowest BCUT2D eigenvalue weighted by Gasteiger charge is -2.21. The molecule has 0 unspecified atom stereocenters. The molecule has 0 aliphatic rings. The van der Waals surface area contributed by atoms with Gasteiger partial charge in [0.05, 0.1) is 11.6 Å². The number of hydrogen-bond donors (Lipinski definition) is 0. The summed E-state index contributed by atoms with van der Waals surface area (Å²) in [5, 5.41) is 8.80. The van der Waals surface area contributed by atoms with E-state index in [0.29, 0.717) is 29.1 Å². The number of hydrogen-bond acceptors (Lipinski definition) is 3. The van der Waals surface area contributed by atoms with Crippen LogP contribution in [0.1, 0.15) is 35.0 Å². The van der Waals surface area contributed by atoms with Crippen molar-refractivity contribution in [3.63, 3.8) is 0 Å². The zero-order chi connectivity index (χ0) is 15.2. The molecule has 0 atom stereocenters. The zero-order valence-electron chi connectivity index (χ0n) is 11.7. The average molecular weight is 347 g/mol. The van der Waals surface area contributed by atoms with Crippen LogP contribution in [0.25, 0.3) is 0 Å². The van der Waals surface area contributed by atoms with E-state index < -0.39 is 0 Å². The molecular formula is C16H15BrN2O2. The molecule has 1 amide bonds. The fourth-order valence-electron chi connectivity index (χ4n) is 2.01. The molecule has 2 rings (SSSR count). The first-order valence-electron chi connectivity index (χ1n) is 6.67. The molecule has 0 saturated heterocycles. The predicted molar refractivity (Wildman–Crippen MR) is 82.6 cm³/mol. The highest BCUT2D eigenvalue weighted by Gasteiger charge is 2.18. The Bertz CT molecular complexity index is 656. The van der Waals surface area contributed by atoms with Gasteiger partial charge in [0.1, 0.15) is 0 Å². The van der Waals surface area contributed by atoms with Crippen molar-refractivity contribution in [1.29, 1.82) is 5.26 Å². The van der Waals surface area contributed by atoms with E-state index in [-0.39, 0.29) is 5.91 Å². The third-order valence-electron chi connectivity index (χ3n) is 3.02. The zero-order valence-corrected chi connectivity index (χ0v) is 13.3. The van der Waals surface area contributed by atoms with E-state index in [9.17, 15) is 4.79 Å². The van der Waals surface area contributed by atoms with Crippen molar-refractivity contribution in [2.75, 3.05) is 6.54 Å². The van der Waals surface area contributed by atoms with E-state index >= 15 is 0 Å². The largest absolute Gasteiger partial charge is 0.444 e. The lowest BCUT2D eigenvalue weighted by Crippen LogP contribution is -2.31. The van der Waals surface area contributed by atoms with Crippen LogP contribution in [0.2, 0.25) is 0 Å². The summed E-state index contributed by atoms with van der Waals surface area (Å²) in [4.78, 5) is 14.2. The smallest absolute Gasteiger partial charge is 0.289 e. The second kappa shape index (κ2) is 7.09. The standard InChI is InChI=1S/C16H15BrN2O2/c1-2-9-19(16(20)14-7-8-15(17)21-14)11-13-5-3-12(10-18)4-6-13/h3-8H,2,9,11H2,1H3. The number of rotatable bonds is 5. The van der Waals surface area contributed by atoms with Crippen LogP contribution >= 0.6 is 15.9 Å². The molecule has 0 aliphatic carbocycles. The first-order valence-corrected chi connectivity index (χ1v) is 7.47. The van der Waals surface area contributed by atoms with Crippen molar-refractivity contribution >= 4 is 21.8 Å². The summed E-state index contributed by atoms with van der Waals surface area (Å²) in [5.41, 5.74) is 1.60. The monoisotopic (exact) mass is 346 g/mol. The summed E-state index contributed by atoms with van der Waals surface area (Å²) < 4.78 is 5.87. The molecule has 1 aromatic carbocycles. The van der Waals surface area contributed by atoms with E-state index in [0.717, 1.165) is 12.0 Å². The molecule has 0 bridgehead atoms. The predicted octanol–water partition coefficient (Wildman–Crippen LogP) is 3.97. The SMILES string of the molecule is CCCN(Cc1ccc(C#N)cc1)C(=O)c1ccc(Br)o1. The summed E-state index contributed by atoms with van der Waals surface area (Å²) in [6, 6.07) is 12.7. The molecule has 5 heteroatoms. The van der Waals surface area contributed by atoms with Crippen LogP contribution in [0.5, 0.6) is 0 Å². The van der Waals surface area contributed by atoms with Gasteiger partial charge in [0, 0.05) is 13.1 Å². The molecule has 2 aromatic rings. The van der Waals surface area contributed by atoms with Gasteiger partial charge in [-0.25, -0.2) is 0 Å². The van der Waals surface area contributed by atoms with Crippen LogP contribution in [-0.2, 0) is 6.54 Å². The maximum absolute atomic E-state index is 12.4. The molecule has 0 spiro atoms. The lowest BCUT2D eigenvalue weighted by atomic mass is 10.1. The summed E-state index contributed by atoms with van der Waals surface area (Å²) >= 11 is 3.20. The van der Waals surface area contributed by atoms with Crippen LogP contribution < -0.4 is 0 Å². The number of halogens is 1. The lowest BCUT2D eigenvalue weighted by molar-refractivity contribution is 0.0709. The number of benzene rings is 1. The Balaban J connectivity index is 2.14. The Morgan fingerprint density at radius 1 is 1.29 bits per heavy atom. The number of carbonyl (C=O) groups excluding carboxylic acids is 1. The van der Waals surface area contributed by atoms with Crippen LogP contribution in [0.3, 0.4) is 0 Å². The molecule has 108 valence electrons. The highest BCUT2D eigenvalue weighted by Crippen LogP contribution is 2.17. The second-order valence-electron chi connectivity index (χ2n) is 4.64. The van der Waals surface area contributed by atoms with E-state index in [4.69, 9.17) is 9.68 Å². The minimum atomic E-state index is -0.132. The molecule has 4 nitrogen and oxygen atoms in total. The third-order valence-corrected chi connectivity index (χ3v) is 3.45. The molecule has 1 heterocycles. The first kappa shape index (κ1) is 15.3. The molecule has 1 aromatic heterocycles. The quantitative estimate of drug-likeness (QED) is 0.822. The molecule has 0 fully saturated rings. The van der Waals surface area contributed by atoms with Crippen molar-refractivity contribution < 1.29 is 9.21 Å². The Kier molecular flexibility index (Phi) is 5.18. The van der Waals surface area contributed by atoms with Gasteiger partial charge < -0.3 is 9.32 Å². The summed E-state index contributed by atoms with van der Waals surface area (Å²) in [6.07, 6.45) is 0.865. The Hall–Kier alpha value is -2.06. The molecule has 0 aliphatic heterocycles. The number of carbonyl (C=O) groups is 1. The van der Waals surface area contributed by atoms with Crippen molar-refractivity contribution in [3.05, 3.63) is 58.0 Å². The summed E-state index contributed by atoms with van der Waals surface area (Å²) in [6.45, 7) is 3.17. The summed E-state index contributed by atoms with van der Waals surface area (Å²) in [5.74, 6) is 0.191. The number of nitrogens with zero attached hydrogens (tertiary/aromatic N) is 2. The van der Waals surface area contributed by atoms with Crippen LogP contribution in [0.15, 0.2) is 45.5 Å². The van der Waals surface area contributed by atoms with Crippen LogP contribution in [0, 0.1) is 11.3 Å². The molecule has 0 N–H and O–H groups in total. The van der Waals surface area contributed by atoms with Crippen molar-refractivity contribution in [2.24, 2.45) is 0 Å². The van der Waals surface area contributed by atoms with Gasteiger partial charge in [-0.2, -0.15) is 5.26 Å². The van der Waals surface area contributed by atoms with Crippen molar-refractivity contribution in [3.8, 4) is 6.07 Å². The Morgan fingerprint density at radius 3 is 2.52 bits per heavy atom. The van der Waals surface area contributed by atoms with E-state index in [2.05, 4.69) is 22.0 Å². The highest BCUT2D eigenvalue weighted by atomic mass is 79.9. The molecule has 0 saturated carbocycles. The molecule has 0 radical (unpaired) electrons. The van der Waals surface area contributed by atoms with Gasteiger partial charge in [-0.05, 0) is 52.2 Å². The second-order valence-corrected chi connectivity index (χ2v) is 5.42. The van der Waals surface area contributed by atoms with E-state index in [1.165, 1.54) is 0 Å². The Morgan fingerprint density at radius 2 is 2.00 bits per heavy atom. The average Bonchev–Trinajstić information content (AvgIpc) is 2.93. The molecular weight excluding hydrogens is 332 g/mol. The van der Waals surface area contributed by atoms with Gasteiger partial charge in [0.15, 0.2) is 10.4 Å². The number of amides is 1. The van der Waals surface area contributed by atoms with Crippen molar-refractivity contribution in [1.82, 2.24) is 4.90 Å². The maximum atomic E-state index is 12.4. The van der Waals surface area contributed by atoms with E-state index in [1.54, 1.807) is 29.2 Å². The third kappa shape index (κ3) is 3.96. The fourth-order valence-corrected chi connectivity index (χ4v) is 2.32. The normalized spacial score (nSPS) is 10.1. The highest BCUT2D eigenvalue weighted by molar-refractivity contribution is 9.10. The number of furan rings is 1. The van der Waals surface area contributed by atoms with Gasteiger partial charge in [-0.3, -0.25) is 4.79 Å². The van der Waals surface area contributed by atoms with Crippen LogP contribution in [0.4, 0.5) is 0 Å². The topological polar surface area (TPSA) is 57.2 Å². The Labute approximate surface area is 132 Å². The van der Waals surface area contributed by atoms with Crippen molar-refractivity contribution in [2.45, 2.75) is 19.9 Å². The van der Waals surface area contributed by atoms with Gasteiger partial charge in [-0.1, -0.05) is 19.1 Å². The molecule has 21 heavy (non-hydrogen) atoms. The van der Waals surface area contributed by atoms with Crippen LogP contribution in [-0.4, -0.2) is 17.4 Å². The van der Waals surface area contributed by atoms with Gasteiger partial charge >= 0.3 is 0 Å². The van der Waals surface area contributed by atoms with Gasteiger partial charge in [0.2, 0.25) is 0 Å². The van der Waals surface area contributed by atoms with Gasteiger partial charge in [0.25, 0.3) is 5.91 Å². The maximum Gasteiger partial charge on any atom is 0.289 e. The van der Waals surface area contributed by atoms with E-state index in [1.807, 2.05) is 19.1 Å². The fraction of sp³-hybridized carbons (Fsp3) is 0.250. The minimum Gasteiger partial charge on any atom is -0.444 e. The van der Waals surface area contributed by atoms with Gasteiger partial charge in [-0.15, -0.1) is 0 Å². The first-order chi connectivity index (χ1) is 10.1. The minimum absolute atomic E-state index is 0.132. The summed E-state index contributed by atoms with van der Waals surface area (Å²) in [7, 11) is 0.